The number of hydrogen-bond donors (Lipinski definition) is 2. The maximum atomic E-state index is 8.80. The Bertz CT molecular complexity index is 540. The second kappa shape index (κ2) is 4.58. The summed E-state index contributed by atoms with van der Waals surface area (Å²) in [7, 11) is 1.60. The minimum atomic E-state index is 0.294. The number of amidine groups is 1. The van der Waals surface area contributed by atoms with Crippen LogP contribution in [0.2, 0.25) is 0 Å². The SMILES string of the molecule is COc1ccccc1C1=NCC(C#N)=C(N)N1. The average molecular weight is 228 g/mol. The first kappa shape index (κ1) is 11.0. The monoisotopic (exact) mass is 228 g/mol. The fourth-order valence-electron chi connectivity index (χ4n) is 1.57. The van der Waals surface area contributed by atoms with Crippen LogP contribution in [0, 0.1) is 11.3 Å². The van der Waals surface area contributed by atoms with Crippen molar-refractivity contribution in [3.8, 4) is 11.8 Å². The van der Waals surface area contributed by atoms with Crippen LogP contribution < -0.4 is 15.8 Å². The maximum Gasteiger partial charge on any atom is 0.137 e. The van der Waals surface area contributed by atoms with Crippen LogP contribution >= 0.6 is 0 Å². The van der Waals surface area contributed by atoms with E-state index in [9.17, 15) is 0 Å². The van der Waals surface area contributed by atoms with Crippen LogP contribution in [-0.2, 0) is 0 Å². The lowest BCUT2D eigenvalue weighted by Crippen LogP contribution is -2.33. The number of nitrogens with zero attached hydrogens (tertiary/aromatic N) is 2. The van der Waals surface area contributed by atoms with Crippen molar-refractivity contribution >= 4 is 5.84 Å². The van der Waals surface area contributed by atoms with Gasteiger partial charge in [-0.05, 0) is 12.1 Å². The van der Waals surface area contributed by atoms with Crippen LogP contribution in [0.15, 0.2) is 40.7 Å². The minimum Gasteiger partial charge on any atom is -0.496 e. The summed E-state index contributed by atoms with van der Waals surface area (Å²) in [5.74, 6) is 1.69. The van der Waals surface area contributed by atoms with E-state index >= 15 is 0 Å². The summed E-state index contributed by atoms with van der Waals surface area (Å²) < 4.78 is 5.24. The van der Waals surface area contributed by atoms with Gasteiger partial charge in [0.15, 0.2) is 0 Å². The van der Waals surface area contributed by atoms with Crippen LogP contribution in [0.4, 0.5) is 0 Å². The van der Waals surface area contributed by atoms with Gasteiger partial charge in [-0.1, -0.05) is 12.1 Å². The summed E-state index contributed by atoms with van der Waals surface area (Å²) in [6.07, 6.45) is 0. The van der Waals surface area contributed by atoms with E-state index in [1.165, 1.54) is 0 Å². The van der Waals surface area contributed by atoms with Gasteiger partial charge in [-0.15, -0.1) is 0 Å². The van der Waals surface area contributed by atoms with Gasteiger partial charge < -0.3 is 15.8 Å². The number of nitrogens with two attached hydrogens (primary N) is 1. The van der Waals surface area contributed by atoms with E-state index in [1.807, 2.05) is 30.3 Å². The van der Waals surface area contributed by atoms with E-state index < -0.39 is 0 Å². The summed E-state index contributed by atoms with van der Waals surface area (Å²) in [6, 6.07) is 9.51. The predicted octanol–water partition coefficient (Wildman–Crippen LogP) is 0.739. The van der Waals surface area contributed by atoms with Crippen molar-refractivity contribution in [3.05, 3.63) is 41.2 Å². The molecule has 0 amide bonds. The molecule has 0 saturated heterocycles. The number of methoxy groups -OCH3 is 1. The fraction of sp³-hybridized carbons (Fsp3) is 0.167. The summed E-state index contributed by atoms with van der Waals surface area (Å²) in [5.41, 5.74) is 7.01. The lowest BCUT2D eigenvalue weighted by atomic mass is 10.1. The highest BCUT2D eigenvalue weighted by atomic mass is 16.5. The molecule has 0 aliphatic carbocycles. The van der Waals surface area contributed by atoms with Crippen molar-refractivity contribution in [2.45, 2.75) is 0 Å². The molecular weight excluding hydrogens is 216 g/mol. The summed E-state index contributed by atoms with van der Waals surface area (Å²) >= 11 is 0. The highest BCUT2D eigenvalue weighted by molar-refractivity contribution is 6.02. The number of rotatable bonds is 2. The smallest absolute Gasteiger partial charge is 0.137 e. The van der Waals surface area contributed by atoms with Crippen LogP contribution in [0.5, 0.6) is 5.75 Å². The van der Waals surface area contributed by atoms with Crippen molar-refractivity contribution in [2.24, 2.45) is 10.7 Å². The first-order valence-corrected chi connectivity index (χ1v) is 5.10. The first-order valence-electron chi connectivity index (χ1n) is 5.10. The average Bonchev–Trinajstić information content (AvgIpc) is 2.38. The highest BCUT2D eigenvalue weighted by Crippen LogP contribution is 2.19. The van der Waals surface area contributed by atoms with Gasteiger partial charge in [0.2, 0.25) is 0 Å². The van der Waals surface area contributed by atoms with Crippen molar-refractivity contribution in [3.63, 3.8) is 0 Å². The van der Waals surface area contributed by atoms with Crippen molar-refractivity contribution in [1.82, 2.24) is 5.32 Å². The molecule has 0 atom stereocenters. The van der Waals surface area contributed by atoms with E-state index in [4.69, 9.17) is 15.7 Å². The van der Waals surface area contributed by atoms with E-state index in [2.05, 4.69) is 10.3 Å². The zero-order valence-corrected chi connectivity index (χ0v) is 9.40. The standard InChI is InChI=1S/C12H12N4O/c1-17-10-5-3-2-4-9(10)12-15-7-8(6-13)11(14)16-12/h2-5H,7,14H2,1H3,(H,15,16). The Morgan fingerprint density at radius 1 is 1.47 bits per heavy atom. The van der Waals surface area contributed by atoms with Crippen LogP contribution in [0.1, 0.15) is 5.56 Å². The van der Waals surface area contributed by atoms with Gasteiger partial charge in [-0.3, -0.25) is 4.99 Å². The maximum absolute atomic E-state index is 8.80. The topological polar surface area (TPSA) is 83.4 Å². The molecule has 1 aliphatic heterocycles. The number of hydrogen-bond acceptors (Lipinski definition) is 5. The molecule has 5 heteroatoms. The van der Waals surface area contributed by atoms with Gasteiger partial charge in [0, 0.05) is 0 Å². The Kier molecular flexibility index (Phi) is 2.97. The number of benzene rings is 1. The minimum absolute atomic E-state index is 0.294. The molecule has 1 aliphatic rings. The highest BCUT2D eigenvalue weighted by Gasteiger charge is 2.16. The van der Waals surface area contributed by atoms with Gasteiger partial charge in [0.25, 0.3) is 0 Å². The second-order valence-corrected chi connectivity index (χ2v) is 3.49. The molecule has 0 saturated carbocycles. The third kappa shape index (κ3) is 2.06. The Labute approximate surface area is 99.2 Å². The molecule has 1 heterocycles. The third-order valence-electron chi connectivity index (χ3n) is 2.47. The molecule has 1 aromatic carbocycles. The molecule has 0 bridgehead atoms. The number of nitrogens with one attached hydrogen (secondary N) is 1. The molecule has 86 valence electrons. The van der Waals surface area contributed by atoms with E-state index in [0.29, 0.717) is 29.5 Å². The molecule has 0 spiro atoms. The van der Waals surface area contributed by atoms with Crippen LogP contribution in [0.3, 0.4) is 0 Å². The first-order chi connectivity index (χ1) is 8.26. The zero-order chi connectivity index (χ0) is 12.3. The Balaban J connectivity index is 2.33. The summed E-state index contributed by atoms with van der Waals surface area (Å²) in [6.45, 7) is 0.294. The number of nitriles is 1. The summed E-state index contributed by atoms with van der Waals surface area (Å²) in [5, 5.41) is 11.7. The van der Waals surface area contributed by atoms with Crippen molar-refractivity contribution in [1.29, 1.82) is 5.26 Å². The molecule has 0 unspecified atom stereocenters. The van der Waals surface area contributed by atoms with Gasteiger partial charge in [0.05, 0.1) is 24.8 Å². The molecule has 0 aromatic heterocycles. The van der Waals surface area contributed by atoms with Crippen molar-refractivity contribution < 1.29 is 4.74 Å². The molecular formula is C12H12N4O. The fourth-order valence-corrected chi connectivity index (χ4v) is 1.57. The lowest BCUT2D eigenvalue weighted by molar-refractivity contribution is 0.413. The Morgan fingerprint density at radius 3 is 2.88 bits per heavy atom. The predicted molar refractivity (Wildman–Crippen MR) is 64.4 cm³/mol. The third-order valence-corrected chi connectivity index (χ3v) is 2.47. The Hall–Kier alpha value is -2.48. The van der Waals surface area contributed by atoms with E-state index in [-0.39, 0.29) is 0 Å². The van der Waals surface area contributed by atoms with E-state index in [1.54, 1.807) is 7.11 Å². The quantitative estimate of drug-likeness (QED) is 0.782. The lowest BCUT2D eigenvalue weighted by Gasteiger charge is -2.17. The molecule has 0 fully saturated rings. The summed E-state index contributed by atoms with van der Waals surface area (Å²) in [4.78, 5) is 4.28. The zero-order valence-electron chi connectivity index (χ0n) is 9.40. The molecule has 3 N–H and O–H groups in total. The molecule has 0 radical (unpaired) electrons. The largest absolute Gasteiger partial charge is 0.496 e. The van der Waals surface area contributed by atoms with Gasteiger partial charge >= 0.3 is 0 Å². The molecule has 5 nitrogen and oxygen atoms in total. The molecule has 17 heavy (non-hydrogen) atoms. The van der Waals surface area contributed by atoms with Gasteiger partial charge in [0.1, 0.15) is 23.5 Å². The number of ether oxygens (including phenoxy) is 1. The number of aliphatic imine (C=N–C) groups is 1. The molecule has 2 rings (SSSR count). The molecule has 1 aromatic rings. The van der Waals surface area contributed by atoms with Gasteiger partial charge in [-0.25, -0.2) is 0 Å². The van der Waals surface area contributed by atoms with E-state index in [0.717, 1.165) is 5.56 Å². The van der Waals surface area contributed by atoms with Gasteiger partial charge in [-0.2, -0.15) is 5.26 Å². The number of para-hydroxylation sites is 1. The second-order valence-electron chi connectivity index (χ2n) is 3.49. The van der Waals surface area contributed by atoms with Crippen LogP contribution in [0.25, 0.3) is 0 Å². The Morgan fingerprint density at radius 2 is 2.24 bits per heavy atom. The van der Waals surface area contributed by atoms with Crippen molar-refractivity contribution in [2.75, 3.05) is 13.7 Å². The normalized spacial score (nSPS) is 14.7. The van der Waals surface area contributed by atoms with Crippen LogP contribution in [-0.4, -0.2) is 19.5 Å².